The Kier molecular flexibility index (Phi) is 3.60. The van der Waals surface area contributed by atoms with Crippen molar-refractivity contribution in [1.29, 1.82) is 0 Å². The monoisotopic (exact) mass is 299 g/mol. The first-order valence-electron chi connectivity index (χ1n) is 6.68. The second-order valence-corrected chi connectivity index (χ2v) is 4.78. The third kappa shape index (κ3) is 2.33. The van der Waals surface area contributed by atoms with Crippen LogP contribution in [0.2, 0.25) is 0 Å². The highest BCUT2D eigenvalue weighted by Crippen LogP contribution is 2.31. The van der Waals surface area contributed by atoms with E-state index >= 15 is 0 Å². The van der Waals surface area contributed by atoms with Crippen LogP contribution in [0.15, 0.2) is 47.5 Å². The average molecular weight is 299 g/mol. The van der Waals surface area contributed by atoms with E-state index < -0.39 is 17.9 Å². The fraction of sp³-hybridized carbons (Fsp3) is 0.125. The maximum Gasteiger partial charge on any atom is 0.263 e. The van der Waals surface area contributed by atoms with Gasteiger partial charge in [0.25, 0.3) is 5.91 Å². The predicted octanol–water partition coefficient (Wildman–Crippen LogP) is 1.91. The Morgan fingerprint density at radius 1 is 1.23 bits per heavy atom. The standard InChI is InChI=1S/C16H14FN3O2/c1-22-11-8-7-10-13(9-5-3-2-4-6-9)19-15(18)16(21)20-14(10)12(11)17/h2-8,15H,18H2,1H3,(H,20,21). The molecule has 22 heavy (non-hydrogen) atoms. The zero-order valence-electron chi connectivity index (χ0n) is 11.8. The molecule has 0 fully saturated rings. The van der Waals surface area contributed by atoms with Crippen molar-refractivity contribution < 1.29 is 13.9 Å². The number of amides is 1. The summed E-state index contributed by atoms with van der Waals surface area (Å²) in [7, 11) is 1.36. The van der Waals surface area contributed by atoms with E-state index in [1.807, 2.05) is 30.3 Å². The summed E-state index contributed by atoms with van der Waals surface area (Å²) in [5.74, 6) is -1.17. The molecule has 1 aliphatic heterocycles. The summed E-state index contributed by atoms with van der Waals surface area (Å²) in [6, 6.07) is 12.3. The molecule has 2 aromatic carbocycles. The van der Waals surface area contributed by atoms with E-state index in [1.54, 1.807) is 6.07 Å². The molecule has 6 heteroatoms. The van der Waals surface area contributed by atoms with Gasteiger partial charge < -0.3 is 15.8 Å². The van der Waals surface area contributed by atoms with Crippen molar-refractivity contribution >= 4 is 17.3 Å². The molecule has 3 rings (SSSR count). The molecule has 0 aromatic heterocycles. The molecule has 0 bridgehead atoms. The number of rotatable bonds is 2. The lowest BCUT2D eigenvalue weighted by Gasteiger charge is -2.13. The molecule has 0 saturated heterocycles. The molecule has 1 atom stereocenters. The maximum absolute atomic E-state index is 14.5. The molecule has 112 valence electrons. The third-order valence-corrected chi connectivity index (χ3v) is 3.41. The van der Waals surface area contributed by atoms with Gasteiger partial charge in [-0.25, -0.2) is 4.39 Å². The number of halogens is 1. The summed E-state index contributed by atoms with van der Waals surface area (Å²) in [5.41, 5.74) is 7.46. The van der Waals surface area contributed by atoms with E-state index in [0.717, 1.165) is 5.56 Å². The van der Waals surface area contributed by atoms with Crippen LogP contribution >= 0.6 is 0 Å². The van der Waals surface area contributed by atoms with E-state index in [4.69, 9.17) is 10.5 Å². The highest BCUT2D eigenvalue weighted by molar-refractivity contribution is 6.19. The molecule has 5 nitrogen and oxygen atoms in total. The van der Waals surface area contributed by atoms with E-state index in [2.05, 4.69) is 10.3 Å². The Bertz CT molecular complexity index is 759. The Labute approximate surface area is 126 Å². The Balaban J connectivity index is 2.25. The van der Waals surface area contributed by atoms with Gasteiger partial charge in [-0.2, -0.15) is 0 Å². The number of carbonyl (C=O) groups excluding carboxylic acids is 1. The lowest BCUT2D eigenvalue weighted by Crippen LogP contribution is -2.33. The molecule has 2 aromatic rings. The van der Waals surface area contributed by atoms with Crippen molar-refractivity contribution in [3.63, 3.8) is 0 Å². The van der Waals surface area contributed by atoms with Crippen LogP contribution in [0.5, 0.6) is 5.75 Å². The van der Waals surface area contributed by atoms with E-state index in [1.165, 1.54) is 13.2 Å². The molecule has 0 saturated carbocycles. The Morgan fingerprint density at radius 2 is 1.95 bits per heavy atom. The summed E-state index contributed by atoms with van der Waals surface area (Å²) >= 11 is 0. The molecule has 0 aliphatic carbocycles. The fourth-order valence-electron chi connectivity index (χ4n) is 2.32. The molecule has 1 aliphatic rings. The number of hydrogen-bond acceptors (Lipinski definition) is 4. The van der Waals surface area contributed by atoms with Gasteiger partial charge in [0, 0.05) is 11.1 Å². The number of methoxy groups -OCH3 is 1. The number of nitrogens with zero attached hydrogens (tertiary/aromatic N) is 1. The van der Waals surface area contributed by atoms with Crippen LogP contribution < -0.4 is 15.8 Å². The Hall–Kier alpha value is -2.73. The van der Waals surface area contributed by atoms with Crippen LogP contribution in [0.4, 0.5) is 10.1 Å². The minimum Gasteiger partial charge on any atom is -0.494 e. The highest BCUT2D eigenvalue weighted by atomic mass is 19.1. The number of nitrogens with two attached hydrogens (primary N) is 1. The van der Waals surface area contributed by atoms with Crippen molar-refractivity contribution in [1.82, 2.24) is 0 Å². The van der Waals surface area contributed by atoms with Crippen LogP contribution in [0.1, 0.15) is 11.1 Å². The largest absolute Gasteiger partial charge is 0.494 e. The van der Waals surface area contributed by atoms with Crippen molar-refractivity contribution in [2.75, 3.05) is 12.4 Å². The van der Waals surface area contributed by atoms with Gasteiger partial charge in [-0.1, -0.05) is 30.3 Å². The van der Waals surface area contributed by atoms with E-state index in [-0.39, 0.29) is 11.4 Å². The number of benzene rings is 2. The molecular formula is C16H14FN3O2. The van der Waals surface area contributed by atoms with Gasteiger partial charge in [0.15, 0.2) is 17.7 Å². The lowest BCUT2D eigenvalue weighted by atomic mass is 10.00. The Morgan fingerprint density at radius 3 is 2.64 bits per heavy atom. The van der Waals surface area contributed by atoms with Gasteiger partial charge >= 0.3 is 0 Å². The number of nitrogens with one attached hydrogen (secondary N) is 1. The van der Waals surface area contributed by atoms with Crippen molar-refractivity contribution in [3.8, 4) is 5.75 Å². The lowest BCUT2D eigenvalue weighted by molar-refractivity contribution is -0.117. The molecular weight excluding hydrogens is 285 g/mol. The van der Waals surface area contributed by atoms with Gasteiger partial charge in [0.2, 0.25) is 0 Å². The fourth-order valence-corrected chi connectivity index (χ4v) is 2.32. The van der Waals surface area contributed by atoms with Crippen molar-refractivity contribution in [2.45, 2.75) is 6.17 Å². The number of fused-ring (bicyclic) bond motifs is 1. The summed E-state index contributed by atoms with van der Waals surface area (Å²) in [6.45, 7) is 0. The average Bonchev–Trinajstić information content (AvgIpc) is 2.67. The molecule has 1 heterocycles. The number of anilines is 1. The first-order valence-corrected chi connectivity index (χ1v) is 6.68. The molecule has 0 spiro atoms. The zero-order chi connectivity index (χ0) is 15.7. The van der Waals surface area contributed by atoms with Gasteiger partial charge in [0.1, 0.15) is 0 Å². The minimum absolute atomic E-state index is 0.0277. The van der Waals surface area contributed by atoms with Crippen LogP contribution in [0.3, 0.4) is 0 Å². The third-order valence-electron chi connectivity index (χ3n) is 3.41. The zero-order valence-corrected chi connectivity index (χ0v) is 11.8. The SMILES string of the molecule is COc1ccc2c(c1F)NC(=O)C(N)N=C2c1ccccc1. The van der Waals surface area contributed by atoms with Gasteiger partial charge in [-0.3, -0.25) is 9.79 Å². The number of ether oxygens (including phenoxy) is 1. The number of benzodiazepines with no additional fused rings is 1. The smallest absolute Gasteiger partial charge is 0.263 e. The summed E-state index contributed by atoms with van der Waals surface area (Å²) in [6.07, 6.45) is -1.10. The molecule has 1 unspecified atom stereocenters. The second-order valence-electron chi connectivity index (χ2n) is 4.78. The first-order chi connectivity index (χ1) is 10.6. The number of hydrogen-bond donors (Lipinski definition) is 2. The number of aliphatic imine (C=N–C) groups is 1. The summed E-state index contributed by atoms with van der Waals surface area (Å²) < 4.78 is 19.4. The maximum atomic E-state index is 14.5. The normalized spacial score (nSPS) is 17.1. The quantitative estimate of drug-likeness (QED) is 0.889. The molecule has 0 radical (unpaired) electrons. The predicted molar refractivity (Wildman–Crippen MR) is 81.6 cm³/mol. The summed E-state index contributed by atoms with van der Waals surface area (Å²) in [4.78, 5) is 16.2. The summed E-state index contributed by atoms with van der Waals surface area (Å²) in [5, 5.41) is 2.48. The first kappa shape index (κ1) is 14.2. The van der Waals surface area contributed by atoms with Crippen LogP contribution in [-0.4, -0.2) is 24.9 Å². The van der Waals surface area contributed by atoms with Crippen LogP contribution in [0.25, 0.3) is 0 Å². The van der Waals surface area contributed by atoms with Crippen LogP contribution in [-0.2, 0) is 4.79 Å². The minimum atomic E-state index is -1.10. The van der Waals surface area contributed by atoms with Crippen LogP contribution in [0, 0.1) is 5.82 Å². The molecule has 1 amide bonds. The van der Waals surface area contributed by atoms with Crippen molar-refractivity contribution in [3.05, 3.63) is 59.4 Å². The van der Waals surface area contributed by atoms with E-state index in [0.29, 0.717) is 11.3 Å². The number of carbonyl (C=O) groups is 1. The molecule has 3 N–H and O–H groups in total. The topological polar surface area (TPSA) is 76.7 Å². The highest BCUT2D eigenvalue weighted by Gasteiger charge is 2.26. The van der Waals surface area contributed by atoms with Gasteiger partial charge in [-0.05, 0) is 12.1 Å². The second kappa shape index (κ2) is 5.57. The van der Waals surface area contributed by atoms with E-state index in [9.17, 15) is 9.18 Å². The van der Waals surface area contributed by atoms with Crippen molar-refractivity contribution in [2.24, 2.45) is 10.7 Å². The van der Waals surface area contributed by atoms with Gasteiger partial charge in [-0.15, -0.1) is 0 Å². The van der Waals surface area contributed by atoms with Gasteiger partial charge in [0.05, 0.1) is 18.5 Å².